The highest BCUT2D eigenvalue weighted by Gasteiger charge is 2.12. The van der Waals surface area contributed by atoms with Gasteiger partial charge in [0.25, 0.3) is 11.8 Å². The van der Waals surface area contributed by atoms with Gasteiger partial charge in [0, 0.05) is 37.0 Å². The van der Waals surface area contributed by atoms with Crippen molar-refractivity contribution in [3.63, 3.8) is 0 Å². The van der Waals surface area contributed by atoms with E-state index in [1.807, 2.05) is 6.07 Å². The van der Waals surface area contributed by atoms with Gasteiger partial charge in [-0.05, 0) is 42.0 Å². The number of aromatic nitrogens is 2. The lowest BCUT2D eigenvalue weighted by Gasteiger charge is -2.08. The first kappa shape index (κ1) is 17.8. The van der Waals surface area contributed by atoms with Crippen molar-refractivity contribution in [1.29, 1.82) is 5.26 Å². The average molecular weight is 357 g/mol. The van der Waals surface area contributed by atoms with Gasteiger partial charge in [-0.3, -0.25) is 19.6 Å². The number of pyridine rings is 2. The summed E-state index contributed by atoms with van der Waals surface area (Å²) in [6.45, 7) is 0.346. The molecule has 132 valence electrons. The van der Waals surface area contributed by atoms with Crippen LogP contribution in [0.3, 0.4) is 0 Å². The fraction of sp³-hybridized carbons (Fsp3) is 0.0500. The van der Waals surface area contributed by atoms with Crippen LogP contribution < -0.4 is 10.6 Å². The molecule has 0 aliphatic heterocycles. The van der Waals surface area contributed by atoms with Crippen LogP contribution in [0.5, 0.6) is 0 Å². The van der Waals surface area contributed by atoms with Gasteiger partial charge in [0.1, 0.15) is 0 Å². The maximum Gasteiger partial charge on any atom is 0.257 e. The topological polar surface area (TPSA) is 108 Å². The fourth-order valence-corrected chi connectivity index (χ4v) is 2.34. The van der Waals surface area contributed by atoms with E-state index in [-0.39, 0.29) is 17.0 Å². The second-order valence-electron chi connectivity index (χ2n) is 5.65. The van der Waals surface area contributed by atoms with Crippen molar-refractivity contribution in [1.82, 2.24) is 15.3 Å². The van der Waals surface area contributed by atoms with E-state index in [0.717, 1.165) is 5.56 Å². The van der Waals surface area contributed by atoms with E-state index >= 15 is 0 Å². The van der Waals surface area contributed by atoms with Crippen molar-refractivity contribution < 1.29 is 9.59 Å². The summed E-state index contributed by atoms with van der Waals surface area (Å²) >= 11 is 0. The number of rotatable bonds is 5. The van der Waals surface area contributed by atoms with Crippen LogP contribution >= 0.6 is 0 Å². The normalized spacial score (nSPS) is 9.89. The molecule has 1 aromatic carbocycles. The van der Waals surface area contributed by atoms with Crippen molar-refractivity contribution in [3.05, 3.63) is 89.5 Å². The van der Waals surface area contributed by atoms with Crippen LogP contribution in [0.2, 0.25) is 0 Å². The zero-order valence-corrected chi connectivity index (χ0v) is 14.2. The summed E-state index contributed by atoms with van der Waals surface area (Å²) in [6, 6.07) is 13.7. The minimum atomic E-state index is -0.415. The van der Waals surface area contributed by atoms with E-state index in [1.165, 1.54) is 18.5 Å². The van der Waals surface area contributed by atoms with Crippen molar-refractivity contribution in [2.45, 2.75) is 6.54 Å². The van der Waals surface area contributed by atoms with Crippen molar-refractivity contribution in [2.75, 3.05) is 5.32 Å². The monoisotopic (exact) mass is 357 g/mol. The molecule has 0 fully saturated rings. The molecule has 0 unspecified atom stereocenters. The molecule has 0 aliphatic rings. The summed E-state index contributed by atoms with van der Waals surface area (Å²) in [6.07, 6.45) is 6.07. The molecule has 2 N–H and O–H groups in total. The molecule has 0 saturated carbocycles. The average Bonchev–Trinajstić information content (AvgIpc) is 2.73. The largest absolute Gasteiger partial charge is 0.348 e. The Hall–Kier alpha value is -4.05. The number of benzene rings is 1. The smallest absolute Gasteiger partial charge is 0.257 e. The third-order valence-electron chi connectivity index (χ3n) is 3.71. The van der Waals surface area contributed by atoms with E-state index < -0.39 is 5.91 Å². The molecule has 27 heavy (non-hydrogen) atoms. The van der Waals surface area contributed by atoms with Crippen LogP contribution in [0.15, 0.2) is 67.3 Å². The van der Waals surface area contributed by atoms with Gasteiger partial charge < -0.3 is 10.6 Å². The number of nitriles is 1. The highest BCUT2D eigenvalue weighted by Crippen LogP contribution is 2.12. The van der Waals surface area contributed by atoms with Crippen molar-refractivity contribution in [2.24, 2.45) is 0 Å². The summed E-state index contributed by atoms with van der Waals surface area (Å²) in [4.78, 5) is 32.6. The summed E-state index contributed by atoms with van der Waals surface area (Å²) in [7, 11) is 0. The Kier molecular flexibility index (Phi) is 5.50. The maximum absolute atomic E-state index is 12.4. The van der Waals surface area contributed by atoms with E-state index in [2.05, 4.69) is 20.6 Å². The van der Waals surface area contributed by atoms with Gasteiger partial charge in [0.15, 0.2) is 0 Å². The second-order valence-corrected chi connectivity index (χ2v) is 5.65. The number of amides is 2. The molecule has 2 amide bonds. The fourth-order valence-electron chi connectivity index (χ4n) is 2.34. The number of carbonyl (C=O) groups excluding carboxylic acids is 2. The Bertz CT molecular complexity index is 1010. The molecule has 0 aliphatic carbocycles. The molecule has 3 aromatic rings. The Morgan fingerprint density at radius 2 is 1.70 bits per heavy atom. The molecule has 0 spiro atoms. The van der Waals surface area contributed by atoms with Gasteiger partial charge >= 0.3 is 0 Å². The lowest BCUT2D eigenvalue weighted by Crippen LogP contribution is -2.23. The molecule has 7 heteroatoms. The molecular formula is C20H15N5O2. The molecule has 0 saturated heterocycles. The Morgan fingerprint density at radius 3 is 2.44 bits per heavy atom. The molecule has 7 nitrogen and oxygen atoms in total. The summed E-state index contributed by atoms with van der Waals surface area (Å²) < 4.78 is 0. The SMILES string of the molecule is N#Cc1cccc(NC(=O)c2cncc(C(=O)NCc3ccncc3)c2)c1. The van der Waals surface area contributed by atoms with E-state index in [1.54, 1.807) is 48.8 Å². The first-order valence-electron chi connectivity index (χ1n) is 8.09. The molecular weight excluding hydrogens is 342 g/mol. The van der Waals surface area contributed by atoms with Gasteiger partial charge in [-0.25, -0.2) is 0 Å². The first-order chi connectivity index (χ1) is 13.2. The predicted molar refractivity (Wildman–Crippen MR) is 98.8 cm³/mol. The first-order valence-corrected chi connectivity index (χ1v) is 8.09. The molecule has 2 heterocycles. The molecule has 0 radical (unpaired) electrons. The minimum absolute atomic E-state index is 0.244. The Labute approximate surface area is 155 Å². The zero-order chi connectivity index (χ0) is 19.1. The van der Waals surface area contributed by atoms with E-state index in [9.17, 15) is 9.59 Å². The standard InChI is InChI=1S/C20H15N5O2/c21-10-15-2-1-3-18(8-15)25-20(27)17-9-16(12-23-13-17)19(26)24-11-14-4-6-22-7-5-14/h1-9,12-13H,11H2,(H,24,26)(H,25,27). The lowest BCUT2D eigenvalue weighted by molar-refractivity contribution is 0.0950. The molecule has 0 atom stereocenters. The van der Waals surface area contributed by atoms with Gasteiger partial charge in [-0.2, -0.15) is 5.26 Å². The highest BCUT2D eigenvalue weighted by molar-refractivity contribution is 6.05. The van der Waals surface area contributed by atoms with Crippen LogP contribution in [-0.4, -0.2) is 21.8 Å². The number of hydrogen-bond donors (Lipinski definition) is 2. The molecule has 0 bridgehead atoms. The summed E-state index contributed by atoms with van der Waals surface area (Å²) in [5.41, 5.74) is 2.37. The lowest BCUT2D eigenvalue weighted by atomic mass is 10.1. The number of anilines is 1. The van der Waals surface area contributed by atoms with Crippen LogP contribution in [0.25, 0.3) is 0 Å². The van der Waals surface area contributed by atoms with Crippen LogP contribution in [0, 0.1) is 11.3 Å². The Balaban J connectivity index is 1.68. The zero-order valence-electron chi connectivity index (χ0n) is 14.2. The number of nitrogens with zero attached hydrogens (tertiary/aromatic N) is 3. The van der Waals surface area contributed by atoms with E-state index in [0.29, 0.717) is 17.8 Å². The quantitative estimate of drug-likeness (QED) is 0.729. The number of hydrogen-bond acceptors (Lipinski definition) is 5. The van der Waals surface area contributed by atoms with Crippen LogP contribution in [0.4, 0.5) is 5.69 Å². The third kappa shape index (κ3) is 4.74. The number of carbonyl (C=O) groups is 2. The molecule has 2 aromatic heterocycles. The summed E-state index contributed by atoms with van der Waals surface area (Å²) in [5, 5.41) is 14.4. The highest BCUT2D eigenvalue weighted by atomic mass is 16.2. The molecule has 3 rings (SSSR count). The Morgan fingerprint density at radius 1 is 0.963 bits per heavy atom. The maximum atomic E-state index is 12.4. The van der Waals surface area contributed by atoms with Crippen LogP contribution in [0.1, 0.15) is 31.8 Å². The van der Waals surface area contributed by atoms with Gasteiger partial charge in [-0.1, -0.05) is 6.07 Å². The van der Waals surface area contributed by atoms with Gasteiger partial charge in [0.2, 0.25) is 0 Å². The van der Waals surface area contributed by atoms with Crippen molar-refractivity contribution >= 4 is 17.5 Å². The van der Waals surface area contributed by atoms with E-state index in [4.69, 9.17) is 5.26 Å². The van der Waals surface area contributed by atoms with Gasteiger partial charge in [0.05, 0.1) is 22.8 Å². The minimum Gasteiger partial charge on any atom is -0.348 e. The third-order valence-corrected chi connectivity index (χ3v) is 3.71. The predicted octanol–water partition coefficient (Wildman–Crippen LogP) is 2.53. The summed E-state index contributed by atoms with van der Waals surface area (Å²) in [5.74, 6) is -0.748. The van der Waals surface area contributed by atoms with Crippen LogP contribution in [-0.2, 0) is 6.54 Å². The number of nitrogens with one attached hydrogen (secondary N) is 2. The second kappa shape index (κ2) is 8.36. The van der Waals surface area contributed by atoms with Gasteiger partial charge in [-0.15, -0.1) is 0 Å². The van der Waals surface area contributed by atoms with Crippen molar-refractivity contribution in [3.8, 4) is 6.07 Å².